The van der Waals surface area contributed by atoms with Crippen molar-refractivity contribution in [3.8, 4) is 22.8 Å². The maximum Gasteiger partial charge on any atom is 0.231 e. The minimum atomic E-state index is 0.320. The zero-order valence-electron chi connectivity index (χ0n) is 16.5. The quantitative estimate of drug-likeness (QED) is 0.682. The van der Waals surface area contributed by atoms with Crippen LogP contribution in [0, 0.1) is 6.92 Å². The molecule has 0 saturated carbocycles. The largest absolute Gasteiger partial charge is 0.454 e. The van der Waals surface area contributed by atoms with E-state index >= 15 is 0 Å². The second kappa shape index (κ2) is 7.72. The van der Waals surface area contributed by atoms with Crippen LogP contribution >= 0.6 is 0 Å². The Morgan fingerprint density at radius 3 is 2.48 bits per heavy atom. The Morgan fingerprint density at radius 2 is 1.66 bits per heavy atom. The maximum absolute atomic E-state index is 5.50. The zero-order chi connectivity index (χ0) is 19.6. The summed E-state index contributed by atoms with van der Waals surface area (Å²) >= 11 is 0. The molecule has 0 radical (unpaired) electrons. The third-order valence-corrected chi connectivity index (χ3v) is 5.43. The molecule has 5 rings (SSSR count). The Hall–Kier alpha value is -3.12. The first-order chi connectivity index (χ1) is 14.2. The summed E-state index contributed by atoms with van der Waals surface area (Å²) in [6, 6.07) is 18.6. The molecule has 0 unspecified atom stereocenters. The van der Waals surface area contributed by atoms with Crippen LogP contribution in [-0.2, 0) is 6.54 Å². The molecule has 6 nitrogen and oxygen atoms in total. The van der Waals surface area contributed by atoms with Gasteiger partial charge >= 0.3 is 0 Å². The predicted molar refractivity (Wildman–Crippen MR) is 112 cm³/mol. The van der Waals surface area contributed by atoms with Crippen molar-refractivity contribution in [2.75, 3.05) is 37.9 Å². The minimum Gasteiger partial charge on any atom is -0.454 e. The highest BCUT2D eigenvalue weighted by molar-refractivity contribution is 5.63. The van der Waals surface area contributed by atoms with Gasteiger partial charge in [0.1, 0.15) is 11.6 Å². The van der Waals surface area contributed by atoms with E-state index in [2.05, 4.69) is 45.1 Å². The number of fused-ring (bicyclic) bond motifs is 1. The smallest absolute Gasteiger partial charge is 0.231 e. The third kappa shape index (κ3) is 3.89. The van der Waals surface area contributed by atoms with Crippen LogP contribution < -0.4 is 14.4 Å². The fraction of sp³-hybridized carbons (Fsp3) is 0.304. The number of hydrogen-bond donors (Lipinski definition) is 0. The van der Waals surface area contributed by atoms with Gasteiger partial charge in [0.25, 0.3) is 0 Å². The van der Waals surface area contributed by atoms with E-state index in [4.69, 9.17) is 14.5 Å². The van der Waals surface area contributed by atoms with Gasteiger partial charge in [0, 0.05) is 44.4 Å². The molecule has 0 aliphatic carbocycles. The number of nitrogens with zero attached hydrogens (tertiary/aromatic N) is 4. The number of hydrogen-bond acceptors (Lipinski definition) is 6. The van der Waals surface area contributed by atoms with Crippen LogP contribution in [0.5, 0.6) is 11.5 Å². The molecule has 148 valence electrons. The fourth-order valence-electron chi connectivity index (χ4n) is 3.90. The molecule has 29 heavy (non-hydrogen) atoms. The summed E-state index contributed by atoms with van der Waals surface area (Å²) in [4.78, 5) is 14.2. The van der Waals surface area contributed by atoms with Gasteiger partial charge in [0.15, 0.2) is 11.5 Å². The van der Waals surface area contributed by atoms with E-state index in [1.165, 1.54) is 5.56 Å². The second-order valence-corrected chi connectivity index (χ2v) is 7.48. The van der Waals surface area contributed by atoms with E-state index in [0.29, 0.717) is 6.79 Å². The molecule has 3 heterocycles. The average Bonchev–Trinajstić information content (AvgIpc) is 3.22. The highest BCUT2D eigenvalue weighted by Gasteiger charge is 2.20. The van der Waals surface area contributed by atoms with E-state index in [1.54, 1.807) is 0 Å². The van der Waals surface area contributed by atoms with Crippen molar-refractivity contribution in [3.63, 3.8) is 0 Å². The summed E-state index contributed by atoms with van der Waals surface area (Å²) in [6.45, 7) is 7.11. The summed E-state index contributed by atoms with van der Waals surface area (Å²) in [5.74, 6) is 3.51. The molecule has 1 aromatic heterocycles. The Balaban J connectivity index is 1.25. The molecule has 0 N–H and O–H groups in total. The second-order valence-electron chi connectivity index (χ2n) is 7.48. The van der Waals surface area contributed by atoms with Crippen molar-refractivity contribution in [2.45, 2.75) is 13.5 Å². The topological polar surface area (TPSA) is 50.7 Å². The monoisotopic (exact) mass is 388 g/mol. The first-order valence-electron chi connectivity index (χ1n) is 10.0. The Bertz CT molecular complexity index is 1000. The lowest BCUT2D eigenvalue weighted by molar-refractivity contribution is 0.174. The molecule has 2 aliphatic heterocycles. The molecule has 0 atom stereocenters. The summed E-state index contributed by atoms with van der Waals surface area (Å²) in [7, 11) is 0. The van der Waals surface area contributed by atoms with Crippen molar-refractivity contribution in [3.05, 3.63) is 66.0 Å². The molecule has 1 saturated heterocycles. The third-order valence-electron chi connectivity index (χ3n) is 5.43. The lowest BCUT2D eigenvalue weighted by Crippen LogP contribution is -2.46. The number of anilines is 1. The first kappa shape index (κ1) is 17.9. The maximum atomic E-state index is 5.50. The first-order valence-corrected chi connectivity index (χ1v) is 10.0. The number of piperazine rings is 1. The van der Waals surface area contributed by atoms with Gasteiger partial charge < -0.3 is 14.4 Å². The number of benzene rings is 2. The van der Waals surface area contributed by atoms with Crippen molar-refractivity contribution in [2.24, 2.45) is 0 Å². The van der Waals surface area contributed by atoms with E-state index in [-0.39, 0.29) is 0 Å². The molecule has 0 amide bonds. The van der Waals surface area contributed by atoms with Crippen molar-refractivity contribution < 1.29 is 9.47 Å². The number of aromatic nitrogens is 2. The van der Waals surface area contributed by atoms with Gasteiger partial charge in [0.2, 0.25) is 6.79 Å². The highest BCUT2D eigenvalue weighted by Crippen LogP contribution is 2.33. The summed E-state index contributed by atoms with van der Waals surface area (Å²) in [5.41, 5.74) is 3.36. The average molecular weight is 388 g/mol. The van der Waals surface area contributed by atoms with Gasteiger partial charge in [-0.15, -0.1) is 0 Å². The zero-order valence-corrected chi connectivity index (χ0v) is 16.5. The lowest BCUT2D eigenvalue weighted by Gasteiger charge is -2.35. The summed E-state index contributed by atoms with van der Waals surface area (Å²) < 4.78 is 10.9. The van der Waals surface area contributed by atoms with E-state index in [1.807, 2.05) is 31.2 Å². The van der Waals surface area contributed by atoms with Crippen LogP contribution in [0.2, 0.25) is 0 Å². The number of ether oxygens (including phenoxy) is 2. The minimum absolute atomic E-state index is 0.320. The molecular formula is C23H24N4O2. The molecule has 0 bridgehead atoms. The Kier molecular flexibility index (Phi) is 4.77. The lowest BCUT2D eigenvalue weighted by atomic mass is 10.1. The van der Waals surface area contributed by atoms with Crippen molar-refractivity contribution in [1.82, 2.24) is 14.9 Å². The molecule has 2 aromatic carbocycles. The highest BCUT2D eigenvalue weighted by atomic mass is 16.7. The Morgan fingerprint density at radius 1 is 0.862 bits per heavy atom. The van der Waals surface area contributed by atoms with Crippen LogP contribution in [0.3, 0.4) is 0 Å². The standard InChI is InChI=1S/C23H24N4O2/c1-17-24-20(19-5-3-2-4-6-19)14-23(25-17)27-11-9-26(10-12-27)15-18-7-8-21-22(13-18)29-16-28-21/h2-8,13-14H,9-12,15-16H2,1H3. The van der Waals surface area contributed by atoms with Crippen molar-refractivity contribution >= 4 is 5.82 Å². The van der Waals surface area contributed by atoms with Crippen LogP contribution in [0.15, 0.2) is 54.6 Å². The van der Waals surface area contributed by atoms with Crippen molar-refractivity contribution in [1.29, 1.82) is 0 Å². The normalized spacial score (nSPS) is 16.2. The van der Waals surface area contributed by atoms with E-state index in [9.17, 15) is 0 Å². The van der Waals surface area contributed by atoms with Crippen LogP contribution in [0.4, 0.5) is 5.82 Å². The van der Waals surface area contributed by atoms with Crippen LogP contribution in [0.25, 0.3) is 11.3 Å². The molecular weight excluding hydrogens is 364 g/mol. The van der Waals surface area contributed by atoms with Gasteiger partial charge in [-0.3, -0.25) is 4.90 Å². The molecule has 3 aromatic rings. The SMILES string of the molecule is Cc1nc(-c2ccccc2)cc(N2CCN(Cc3ccc4c(c3)OCO4)CC2)n1. The van der Waals surface area contributed by atoms with Gasteiger partial charge in [-0.2, -0.15) is 0 Å². The Labute approximate surface area is 170 Å². The van der Waals surface area contributed by atoms with Gasteiger partial charge in [-0.25, -0.2) is 9.97 Å². The van der Waals surface area contributed by atoms with Gasteiger partial charge in [0.05, 0.1) is 5.69 Å². The fourth-order valence-corrected chi connectivity index (χ4v) is 3.90. The van der Waals surface area contributed by atoms with E-state index in [0.717, 1.165) is 67.1 Å². The molecule has 2 aliphatic rings. The van der Waals surface area contributed by atoms with E-state index < -0.39 is 0 Å². The number of aryl methyl sites for hydroxylation is 1. The number of rotatable bonds is 4. The predicted octanol–water partition coefficient (Wildman–Crippen LogP) is 3.50. The summed E-state index contributed by atoms with van der Waals surface area (Å²) in [6.07, 6.45) is 0. The van der Waals surface area contributed by atoms with Gasteiger partial charge in [-0.1, -0.05) is 36.4 Å². The molecule has 1 fully saturated rings. The van der Waals surface area contributed by atoms with Crippen LogP contribution in [-0.4, -0.2) is 47.8 Å². The van der Waals surface area contributed by atoms with Crippen LogP contribution in [0.1, 0.15) is 11.4 Å². The van der Waals surface area contributed by atoms with Gasteiger partial charge in [-0.05, 0) is 24.6 Å². The molecule has 0 spiro atoms. The summed E-state index contributed by atoms with van der Waals surface area (Å²) in [5, 5.41) is 0. The molecule has 6 heteroatoms.